The molecule has 21 heavy (non-hydrogen) atoms. The van der Waals surface area contributed by atoms with Gasteiger partial charge in [0, 0.05) is 31.9 Å². The van der Waals surface area contributed by atoms with Gasteiger partial charge < -0.3 is 10.4 Å². The Hall–Kier alpha value is -2.17. The lowest BCUT2D eigenvalue weighted by molar-refractivity contribution is 0.174. The van der Waals surface area contributed by atoms with Gasteiger partial charge in [0.25, 0.3) is 0 Å². The largest absolute Gasteiger partial charge is 0.387 e. The lowest BCUT2D eigenvalue weighted by Crippen LogP contribution is -2.20. The number of aromatic nitrogens is 2. The van der Waals surface area contributed by atoms with Crippen LogP contribution in [0.1, 0.15) is 17.2 Å². The van der Waals surface area contributed by atoms with Crippen molar-refractivity contribution in [3.8, 4) is 0 Å². The molecule has 0 bridgehead atoms. The van der Waals surface area contributed by atoms with E-state index in [1.807, 2.05) is 43.7 Å². The molecular weight excluding hydrogens is 262 g/mol. The first-order valence-electron chi connectivity index (χ1n) is 7.07. The zero-order valence-corrected chi connectivity index (χ0v) is 12.0. The molecule has 0 radical (unpaired) electrons. The van der Waals surface area contributed by atoms with Crippen molar-refractivity contribution in [1.29, 1.82) is 0 Å². The van der Waals surface area contributed by atoms with Crippen LogP contribution in [0.5, 0.6) is 0 Å². The number of nitrogens with zero attached hydrogens (tertiary/aromatic N) is 2. The van der Waals surface area contributed by atoms with Crippen LogP contribution in [0.4, 0.5) is 0 Å². The van der Waals surface area contributed by atoms with Crippen LogP contribution in [-0.2, 0) is 13.6 Å². The average Bonchev–Trinajstić information content (AvgIpc) is 2.92. The first-order valence-corrected chi connectivity index (χ1v) is 7.07. The second-order valence-electron chi connectivity index (χ2n) is 5.28. The van der Waals surface area contributed by atoms with E-state index in [1.165, 1.54) is 5.39 Å². The maximum atomic E-state index is 10.3. The van der Waals surface area contributed by atoms with E-state index in [4.69, 9.17) is 0 Å². The molecule has 0 saturated carbocycles. The van der Waals surface area contributed by atoms with Gasteiger partial charge in [-0.1, -0.05) is 36.4 Å². The van der Waals surface area contributed by atoms with Gasteiger partial charge in [0.15, 0.2) is 0 Å². The predicted octanol–water partition coefficient (Wildman–Crippen LogP) is 2.40. The van der Waals surface area contributed by atoms with Gasteiger partial charge in [0.1, 0.15) is 0 Å². The lowest BCUT2D eigenvalue weighted by Gasteiger charge is -2.12. The molecule has 1 heterocycles. The summed E-state index contributed by atoms with van der Waals surface area (Å²) in [5, 5.41) is 20.0. The van der Waals surface area contributed by atoms with Crippen molar-refractivity contribution in [2.75, 3.05) is 6.54 Å². The predicted molar refractivity (Wildman–Crippen MR) is 83.8 cm³/mol. The number of aliphatic hydroxyl groups is 1. The first-order chi connectivity index (χ1) is 10.2. The third-order valence-corrected chi connectivity index (χ3v) is 3.58. The minimum atomic E-state index is -0.508. The topological polar surface area (TPSA) is 50.1 Å². The number of fused-ring (bicyclic) bond motifs is 1. The Balaban J connectivity index is 1.62. The molecular formula is C17H19N3O. The SMILES string of the molecule is Cn1cc(CNCC(O)c2ccc3ccccc3c2)cn1. The van der Waals surface area contributed by atoms with Crippen molar-refractivity contribution in [3.63, 3.8) is 0 Å². The summed E-state index contributed by atoms with van der Waals surface area (Å²) in [6, 6.07) is 14.3. The summed E-state index contributed by atoms with van der Waals surface area (Å²) in [5.41, 5.74) is 2.05. The molecule has 108 valence electrons. The number of rotatable bonds is 5. The highest BCUT2D eigenvalue weighted by Crippen LogP contribution is 2.20. The van der Waals surface area contributed by atoms with E-state index in [-0.39, 0.29) is 0 Å². The highest BCUT2D eigenvalue weighted by Gasteiger charge is 2.08. The quantitative estimate of drug-likeness (QED) is 0.755. The maximum absolute atomic E-state index is 10.3. The van der Waals surface area contributed by atoms with Gasteiger partial charge in [-0.15, -0.1) is 0 Å². The average molecular weight is 281 g/mol. The molecule has 1 atom stereocenters. The molecule has 0 fully saturated rings. The molecule has 0 aliphatic rings. The second-order valence-corrected chi connectivity index (χ2v) is 5.28. The van der Waals surface area contributed by atoms with Crippen LogP contribution in [0.15, 0.2) is 54.9 Å². The van der Waals surface area contributed by atoms with Gasteiger partial charge in [-0.2, -0.15) is 5.10 Å². The van der Waals surface area contributed by atoms with Crippen LogP contribution < -0.4 is 5.32 Å². The van der Waals surface area contributed by atoms with Gasteiger partial charge in [-0.05, 0) is 22.4 Å². The highest BCUT2D eigenvalue weighted by atomic mass is 16.3. The zero-order valence-electron chi connectivity index (χ0n) is 12.0. The Labute approximate surface area is 124 Å². The molecule has 0 aliphatic heterocycles. The van der Waals surface area contributed by atoms with E-state index in [2.05, 4.69) is 28.6 Å². The standard InChI is InChI=1S/C17H19N3O/c1-20-12-13(10-19-20)9-18-11-17(21)16-7-6-14-4-2-3-5-15(14)8-16/h2-8,10,12,17-18,21H,9,11H2,1H3. The molecule has 4 nitrogen and oxygen atoms in total. The van der Waals surface area contributed by atoms with E-state index < -0.39 is 6.10 Å². The van der Waals surface area contributed by atoms with Gasteiger partial charge in [0.05, 0.1) is 12.3 Å². The Bertz CT molecular complexity index is 735. The molecule has 0 spiro atoms. The minimum absolute atomic E-state index is 0.508. The molecule has 3 aromatic rings. The van der Waals surface area contributed by atoms with Crippen LogP contribution in [0.3, 0.4) is 0 Å². The Kier molecular flexibility index (Phi) is 3.99. The van der Waals surface area contributed by atoms with Crippen molar-refractivity contribution in [2.24, 2.45) is 7.05 Å². The fraction of sp³-hybridized carbons (Fsp3) is 0.235. The van der Waals surface area contributed by atoms with Crippen molar-refractivity contribution in [2.45, 2.75) is 12.6 Å². The van der Waals surface area contributed by atoms with Gasteiger partial charge in [-0.3, -0.25) is 4.68 Å². The number of hydrogen-bond donors (Lipinski definition) is 2. The Morgan fingerprint density at radius 1 is 1.19 bits per heavy atom. The summed E-state index contributed by atoms with van der Waals surface area (Å²) < 4.78 is 1.77. The van der Waals surface area contributed by atoms with Crippen molar-refractivity contribution >= 4 is 10.8 Å². The van der Waals surface area contributed by atoms with Gasteiger partial charge >= 0.3 is 0 Å². The van der Waals surface area contributed by atoms with Crippen LogP contribution in [0.25, 0.3) is 10.8 Å². The molecule has 2 N–H and O–H groups in total. The van der Waals surface area contributed by atoms with E-state index >= 15 is 0 Å². The monoisotopic (exact) mass is 281 g/mol. The molecule has 0 aliphatic carbocycles. The summed E-state index contributed by atoms with van der Waals surface area (Å²) in [4.78, 5) is 0. The second kappa shape index (κ2) is 6.08. The van der Waals surface area contributed by atoms with Crippen LogP contribution in [0.2, 0.25) is 0 Å². The van der Waals surface area contributed by atoms with Gasteiger partial charge in [-0.25, -0.2) is 0 Å². The smallest absolute Gasteiger partial charge is 0.0914 e. The summed E-state index contributed by atoms with van der Waals surface area (Å²) in [6.45, 7) is 1.23. The third kappa shape index (κ3) is 3.29. The van der Waals surface area contributed by atoms with Crippen molar-refractivity contribution in [1.82, 2.24) is 15.1 Å². The highest BCUT2D eigenvalue weighted by molar-refractivity contribution is 5.83. The minimum Gasteiger partial charge on any atom is -0.387 e. The summed E-state index contributed by atoms with van der Waals surface area (Å²) in [6.07, 6.45) is 3.29. The molecule has 1 aromatic heterocycles. The van der Waals surface area contributed by atoms with E-state index in [0.717, 1.165) is 16.5 Å². The maximum Gasteiger partial charge on any atom is 0.0914 e. The number of nitrogens with one attached hydrogen (secondary N) is 1. The molecule has 2 aromatic carbocycles. The molecule has 4 heteroatoms. The summed E-state index contributed by atoms with van der Waals surface area (Å²) in [7, 11) is 1.90. The van der Waals surface area contributed by atoms with E-state index in [1.54, 1.807) is 4.68 Å². The normalized spacial score (nSPS) is 12.7. The number of aliphatic hydroxyl groups excluding tert-OH is 1. The fourth-order valence-electron chi connectivity index (χ4n) is 2.45. The zero-order chi connectivity index (χ0) is 14.7. The molecule has 0 amide bonds. The summed E-state index contributed by atoms with van der Waals surface area (Å²) in [5.74, 6) is 0. The first kappa shape index (κ1) is 13.8. The van der Waals surface area contributed by atoms with Gasteiger partial charge in [0.2, 0.25) is 0 Å². The Morgan fingerprint density at radius 3 is 2.76 bits per heavy atom. The molecule has 1 unspecified atom stereocenters. The third-order valence-electron chi connectivity index (χ3n) is 3.58. The van der Waals surface area contributed by atoms with Crippen LogP contribution in [-0.4, -0.2) is 21.4 Å². The van der Waals surface area contributed by atoms with E-state index in [9.17, 15) is 5.11 Å². The van der Waals surface area contributed by atoms with E-state index in [0.29, 0.717) is 13.1 Å². The fourth-order valence-corrected chi connectivity index (χ4v) is 2.45. The van der Waals surface area contributed by atoms with Crippen LogP contribution in [0, 0.1) is 0 Å². The number of hydrogen-bond acceptors (Lipinski definition) is 3. The molecule has 3 rings (SSSR count). The lowest BCUT2D eigenvalue weighted by atomic mass is 10.0. The van der Waals surface area contributed by atoms with Crippen LogP contribution >= 0.6 is 0 Å². The molecule has 0 saturated heterocycles. The number of aryl methyl sites for hydroxylation is 1. The number of benzene rings is 2. The van der Waals surface area contributed by atoms with Crippen molar-refractivity contribution in [3.05, 3.63) is 66.0 Å². The van der Waals surface area contributed by atoms with Crippen molar-refractivity contribution < 1.29 is 5.11 Å². The summed E-state index contributed by atoms with van der Waals surface area (Å²) >= 11 is 0. The Morgan fingerprint density at radius 2 is 2.00 bits per heavy atom.